The molecule has 0 spiro atoms. The van der Waals surface area contributed by atoms with Crippen molar-refractivity contribution >= 4 is 15.9 Å². The number of carbonyl (C=O) groups is 1. The highest BCUT2D eigenvalue weighted by atomic mass is 32.2. The van der Waals surface area contributed by atoms with Crippen LogP contribution in [0.1, 0.15) is 57.3 Å². The molecule has 0 aromatic heterocycles. The van der Waals surface area contributed by atoms with Gasteiger partial charge in [-0.15, -0.1) is 0 Å². The zero-order valence-electron chi connectivity index (χ0n) is 21.1. The summed E-state index contributed by atoms with van der Waals surface area (Å²) in [6.07, 6.45) is 1.11. The largest absolute Gasteiger partial charge is 0.493 e. The number of aliphatic hydroxyl groups is 1. The summed E-state index contributed by atoms with van der Waals surface area (Å²) in [6.45, 7) is 8.57. The molecule has 1 aromatic rings. The minimum Gasteiger partial charge on any atom is -0.493 e. The molecule has 0 bridgehead atoms. The average Bonchev–Trinajstić information content (AvgIpc) is 2.79. The minimum absolute atomic E-state index is 0.00238. The number of rotatable bonds is 17. The van der Waals surface area contributed by atoms with Crippen LogP contribution in [0, 0.1) is 11.8 Å². The molecule has 3 atom stereocenters. The van der Waals surface area contributed by atoms with Crippen molar-refractivity contribution in [2.45, 2.75) is 64.4 Å². The lowest BCUT2D eigenvalue weighted by Gasteiger charge is -2.27. The number of aliphatic hydroxyl groups excluding tert-OH is 1. The van der Waals surface area contributed by atoms with Crippen molar-refractivity contribution in [3.63, 3.8) is 0 Å². The summed E-state index contributed by atoms with van der Waals surface area (Å²) in [6, 6.07) is 6.47. The number of hydrogen-bond acceptors (Lipinski definition) is 7. The van der Waals surface area contributed by atoms with E-state index in [9.17, 15) is 18.3 Å². The van der Waals surface area contributed by atoms with E-state index < -0.39 is 27.4 Å². The van der Waals surface area contributed by atoms with Crippen molar-refractivity contribution in [3.05, 3.63) is 29.8 Å². The van der Waals surface area contributed by atoms with Crippen LogP contribution in [0.25, 0.3) is 0 Å². The molecule has 1 aromatic carbocycles. The van der Waals surface area contributed by atoms with Gasteiger partial charge in [-0.05, 0) is 57.1 Å². The molecule has 196 valence electrons. The first-order valence-corrected chi connectivity index (χ1v) is 13.4. The smallest absolute Gasteiger partial charge is 0.255 e. The number of nitrogens with one attached hydrogen (secondary N) is 2. The highest BCUT2D eigenvalue weighted by molar-refractivity contribution is 7.90. The number of carbonyl (C=O) groups excluding carboxylic acids is 1. The zero-order valence-corrected chi connectivity index (χ0v) is 21.9. The van der Waals surface area contributed by atoms with Crippen molar-refractivity contribution in [3.8, 4) is 5.75 Å². The third-order valence-electron chi connectivity index (χ3n) is 5.78. The molecule has 0 heterocycles. The standard InChI is InChI=1S/C24H43N3O6S/c1-17(2)19(14-21(25)22(28)16-27-34(30,31)18(3)4)15-26-24(29)20-10-6-7-11-23(20)33-13-9-8-12-32-5/h6-7,10-11,17-19,21-22,27-28H,8-9,12-16,25H2,1-5H3,(H,26,29)/t19-,21+,22+/m1/s1. The third kappa shape index (κ3) is 10.7. The van der Waals surface area contributed by atoms with E-state index in [-0.39, 0.29) is 24.3 Å². The van der Waals surface area contributed by atoms with E-state index in [1.54, 1.807) is 39.2 Å². The predicted molar refractivity (Wildman–Crippen MR) is 134 cm³/mol. The van der Waals surface area contributed by atoms with Crippen LogP contribution in [-0.4, -0.2) is 70.2 Å². The number of ether oxygens (including phenoxy) is 2. The number of sulfonamides is 1. The number of hydrogen-bond donors (Lipinski definition) is 4. The maximum atomic E-state index is 12.9. The van der Waals surface area contributed by atoms with Gasteiger partial charge in [0.15, 0.2) is 0 Å². The molecule has 1 amide bonds. The Morgan fingerprint density at radius 1 is 1.09 bits per heavy atom. The lowest BCUT2D eigenvalue weighted by atomic mass is 9.87. The van der Waals surface area contributed by atoms with E-state index >= 15 is 0 Å². The summed E-state index contributed by atoms with van der Waals surface area (Å²) in [4.78, 5) is 12.9. The summed E-state index contributed by atoms with van der Waals surface area (Å²) < 4.78 is 37.1. The second kappa shape index (κ2) is 15.3. The minimum atomic E-state index is -3.48. The Bertz CT molecular complexity index is 832. The van der Waals surface area contributed by atoms with Crippen molar-refractivity contribution in [1.29, 1.82) is 0 Å². The van der Waals surface area contributed by atoms with Crippen LogP contribution in [0.3, 0.4) is 0 Å². The Labute approximate surface area is 204 Å². The first-order valence-electron chi connectivity index (χ1n) is 11.9. The molecular weight excluding hydrogens is 458 g/mol. The highest BCUT2D eigenvalue weighted by Gasteiger charge is 2.25. The van der Waals surface area contributed by atoms with Gasteiger partial charge in [0.25, 0.3) is 5.91 Å². The SMILES string of the molecule is COCCCCOc1ccccc1C(=O)NC[C@@H](C[C@H](N)[C@@H](O)CNS(=O)(=O)C(C)C)C(C)C. The van der Waals surface area contributed by atoms with Gasteiger partial charge in [-0.2, -0.15) is 0 Å². The zero-order chi connectivity index (χ0) is 25.7. The third-order valence-corrected chi connectivity index (χ3v) is 7.59. The molecule has 10 heteroatoms. The first kappa shape index (κ1) is 30.3. The van der Waals surface area contributed by atoms with Gasteiger partial charge in [0.05, 0.1) is 23.5 Å². The fourth-order valence-corrected chi connectivity index (χ4v) is 3.98. The molecule has 5 N–H and O–H groups in total. The van der Waals surface area contributed by atoms with Gasteiger partial charge >= 0.3 is 0 Å². The summed E-state index contributed by atoms with van der Waals surface area (Å²) in [5, 5.41) is 12.7. The Morgan fingerprint density at radius 2 is 1.74 bits per heavy atom. The van der Waals surface area contributed by atoms with E-state index in [4.69, 9.17) is 15.2 Å². The van der Waals surface area contributed by atoms with E-state index in [1.165, 1.54) is 0 Å². The number of unbranched alkanes of at least 4 members (excludes halogenated alkanes) is 1. The summed E-state index contributed by atoms with van der Waals surface area (Å²) in [5.74, 6) is 0.482. The van der Waals surface area contributed by atoms with Crippen molar-refractivity contribution in [1.82, 2.24) is 10.0 Å². The lowest BCUT2D eigenvalue weighted by Crippen LogP contribution is -2.46. The Kier molecular flexibility index (Phi) is 13.6. The van der Waals surface area contributed by atoms with Crippen LogP contribution < -0.4 is 20.5 Å². The van der Waals surface area contributed by atoms with E-state index in [0.717, 1.165) is 12.8 Å². The van der Waals surface area contributed by atoms with Gasteiger partial charge in [0.1, 0.15) is 5.75 Å². The average molecular weight is 502 g/mol. The van der Waals surface area contributed by atoms with Gasteiger partial charge in [-0.25, -0.2) is 13.1 Å². The fraction of sp³-hybridized carbons (Fsp3) is 0.708. The van der Waals surface area contributed by atoms with Crippen LogP contribution in [0.5, 0.6) is 5.75 Å². The maximum absolute atomic E-state index is 12.9. The van der Waals surface area contributed by atoms with Crippen LogP contribution in [-0.2, 0) is 14.8 Å². The molecule has 1 rings (SSSR count). The van der Waals surface area contributed by atoms with Crippen molar-refractivity contribution in [2.24, 2.45) is 17.6 Å². The van der Waals surface area contributed by atoms with Crippen LogP contribution in [0.4, 0.5) is 0 Å². The number of benzene rings is 1. The molecule has 0 radical (unpaired) electrons. The lowest BCUT2D eigenvalue weighted by molar-refractivity contribution is 0.0928. The maximum Gasteiger partial charge on any atom is 0.255 e. The van der Waals surface area contributed by atoms with E-state index in [2.05, 4.69) is 10.0 Å². The highest BCUT2D eigenvalue weighted by Crippen LogP contribution is 2.20. The molecular formula is C24H43N3O6S. The molecule has 0 saturated heterocycles. The van der Waals surface area contributed by atoms with Crippen LogP contribution in [0.2, 0.25) is 0 Å². The molecule has 0 aliphatic carbocycles. The molecule has 0 aliphatic rings. The number of nitrogens with two attached hydrogens (primary N) is 1. The first-order chi connectivity index (χ1) is 16.0. The second-order valence-electron chi connectivity index (χ2n) is 9.17. The van der Waals surface area contributed by atoms with Crippen LogP contribution >= 0.6 is 0 Å². The fourth-order valence-electron chi connectivity index (χ4n) is 3.25. The van der Waals surface area contributed by atoms with Gasteiger partial charge in [-0.3, -0.25) is 4.79 Å². The molecule has 0 saturated carbocycles. The van der Waals surface area contributed by atoms with Crippen molar-refractivity contribution < 1.29 is 27.8 Å². The summed E-state index contributed by atoms with van der Waals surface area (Å²) in [5.41, 5.74) is 6.63. The van der Waals surface area contributed by atoms with Gasteiger partial charge in [0, 0.05) is 32.8 Å². The van der Waals surface area contributed by atoms with E-state index in [0.29, 0.717) is 37.5 Å². The van der Waals surface area contributed by atoms with Gasteiger partial charge in [-0.1, -0.05) is 26.0 Å². The monoisotopic (exact) mass is 501 g/mol. The summed E-state index contributed by atoms with van der Waals surface area (Å²) >= 11 is 0. The number of methoxy groups -OCH3 is 1. The molecule has 9 nitrogen and oxygen atoms in total. The van der Waals surface area contributed by atoms with E-state index in [1.807, 2.05) is 19.9 Å². The molecule has 0 aliphatic heterocycles. The second-order valence-corrected chi connectivity index (χ2v) is 11.5. The Balaban J connectivity index is 2.65. The summed E-state index contributed by atoms with van der Waals surface area (Å²) in [7, 11) is -1.82. The molecule has 34 heavy (non-hydrogen) atoms. The van der Waals surface area contributed by atoms with Crippen molar-refractivity contribution in [2.75, 3.05) is 33.4 Å². The Hall–Kier alpha value is -1.72. The number of para-hydroxylation sites is 1. The molecule has 0 unspecified atom stereocenters. The van der Waals surface area contributed by atoms with Crippen LogP contribution in [0.15, 0.2) is 24.3 Å². The quantitative estimate of drug-likeness (QED) is 0.239. The normalized spacial score (nSPS) is 14.7. The predicted octanol–water partition coefficient (Wildman–Crippen LogP) is 1.90. The topological polar surface area (TPSA) is 140 Å². The molecule has 0 fully saturated rings. The van der Waals surface area contributed by atoms with Gasteiger partial charge < -0.3 is 25.6 Å². The Morgan fingerprint density at radius 3 is 2.35 bits per heavy atom. The number of amides is 1. The van der Waals surface area contributed by atoms with Gasteiger partial charge in [0.2, 0.25) is 10.0 Å².